The summed E-state index contributed by atoms with van der Waals surface area (Å²) in [4.78, 5) is 13.5. The van der Waals surface area contributed by atoms with Gasteiger partial charge in [-0.15, -0.1) is 0 Å². The lowest BCUT2D eigenvalue weighted by Gasteiger charge is -2.29. The molecule has 2 aromatic carbocycles. The molecule has 0 spiro atoms. The van der Waals surface area contributed by atoms with Crippen molar-refractivity contribution in [3.8, 4) is 5.75 Å². The van der Waals surface area contributed by atoms with E-state index in [0.717, 1.165) is 31.2 Å². The van der Waals surface area contributed by atoms with Gasteiger partial charge in [-0.25, -0.2) is 8.42 Å². The first kappa shape index (κ1) is 21.8. The summed E-state index contributed by atoms with van der Waals surface area (Å²) in [6.45, 7) is 1.30. The van der Waals surface area contributed by atoms with E-state index in [-0.39, 0.29) is 16.6 Å². The van der Waals surface area contributed by atoms with Crippen molar-refractivity contribution in [3.63, 3.8) is 0 Å². The first-order chi connectivity index (χ1) is 15.0. The Kier molecular flexibility index (Phi) is 6.31. The quantitative estimate of drug-likeness (QED) is 0.740. The summed E-state index contributed by atoms with van der Waals surface area (Å²) in [6, 6.07) is 14.6. The molecule has 1 amide bonds. The van der Waals surface area contributed by atoms with Crippen LogP contribution >= 0.6 is 0 Å². The predicted molar refractivity (Wildman–Crippen MR) is 118 cm³/mol. The van der Waals surface area contributed by atoms with Gasteiger partial charge in [-0.3, -0.25) is 4.79 Å². The van der Waals surface area contributed by atoms with Gasteiger partial charge in [0.25, 0.3) is 0 Å². The molecule has 1 saturated heterocycles. The molecule has 2 aromatic rings. The molecule has 1 N–H and O–H groups in total. The molecule has 166 valence electrons. The first-order valence-corrected chi connectivity index (χ1v) is 12.0. The molecule has 0 atom stereocenters. The van der Waals surface area contributed by atoms with Gasteiger partial charge >= 0.3 is 0 Å². The Morgan fingerprint density at radius 3 is 2.39 bits per heavy atom. The van der Waals surface area contributed by atoms with Gasteiger partial charge in [0.1, 0.15) is 10.6 Å². The van der Waals surface area contributed by atoms with Crippen molar-refractivity contribution in [3.05, 3.63) is 54.1 Å². The number of nitrogens with one attached hydrogen (secondary N) is 1. The maximum Gasteiger partial charge on any atom is 0.246 e. The highest BCUT2D eigenvalue weighted by Gasteiger charge is 2.42. The van der Waals surface area contributed by atoms with Gasteiger partial charge < -0.3 is 14.8 Å². The van der Waals surface area contributed by atoms with Crippen LogP contribution in [0.15, 0.2) is 53.4 Å². The number of anilines is 1. The standard InChI is InChI=1S/C23H28N2O5S/c1-29-20-10-9-19(17-21(20)31(27,28)25-13-15-30-16-14-25)24-22(26)23(11-5-6-12-23)18-7-3-2-4-8-18/h2-4,7-10,17H,5-6,11-16H2,1H3,(H,24,26). The van der Waals surface area contributed by atoms with Crippen molar-refractivity contribution in [2.75, 3.05) is 38.7 Å². The summed E-state index contributed by atoms with van der Waals surface area (Å²) in [5, 5.41) is 2.99. The van der Waals surface area contributed by atoms with Gasteiger partial charge in [-0.05, 0) is 36.6 Å². The number of morpholine rings is 1. The minimum Gasteiger partial charge on any atom is -0.495 e. The zero-order valence-electron chi connectivity index (χ0n) is 17.7. The average Bonchev–Trinajstić information content (AvgIpc) is 3.32. The second-order valence-electron chi connectivity index (χ2n) is 7.99. The van der Waals surface area contributed by atoms with Gasteiger partial charge in [0, 0.05) is 18.8 Å². The molecule has 1 aliphatic heterocycles. The first-order valence-electron chi connectivity index (χ1n) is 10.6. The number of sulfonamides is 1. The molecule has 0 radical (unpaired) electrons. The zero-order chi connectivity index (χ0) is 21.9. The largest absolute Gasteiger partial charge is 0.495 e. The number of rotatable bonds is 6. The van der Waals surface area contributed by atoms with E-state index in [1.165, 1.54) is 17.5 Å². The Hall–Kier alpha value is -2.42. The van der Waals surface area contributed by atoms with E-state index >= 15 is 0 Å². The normalized spacial score (nSPS) is 19.1. The van der Waals surface area contributed by atoms with Gasteiger partial charge in [-0.1, -0.05) is 43.2 Å². The molecule has 0 bridgehead atoms. The van der Waals surface area contributed by atoms with E-state index in [9.17, 15) is 13.2 Å². The van der Waals surface area contributed by atoms with Crippen LogP contribution in [0.3, 0.4) is 0 Å². The monoisotopic (exact) mass is 444 g/mol. The third-order valence-corrected chi connectivity index (χ3v) is 8.15. The number of benzene rings is 2. The maximum absolute atomic E-state index is 13.4. The summed E-state index contributed by atoms with van der Waals surface area (Å²) in [5.41, 5.74) is 0.851. The molecular weight excluding hydrogens is 416 g/mol. The van der Waals surface area contributed by atoms with Crippen LogP contribution in [0.1, 0.15) is 31.2 Å². The van der Waals surface area contributed by atoms with Crippen LogP contribution in [0.2, 0.25) is 0 Å². The number of carbonyl (C=O) groups is 1. The van der Waals surface area contributed by atoms with E-state index in [1.54, 1.807) is 12.1 Å². The topological polar surface area (TPSA) is 84.9 Å². The van der Waals surface area contributed by atoms with Crippen molar-refractivity contribution in [1.82, 2.24) is 4.31 Å². The molecule has 7 nitrogen and oxygen atoms in total. The fourth-order valence-corrected chi connectivity index (χ4v) is 6.10. The Morgan fingerprint density at radius 1 is 1.06 bits per heavy atom. The minimum atomic E-state index is -3.77. The number of ether oxygens (including phenoxy) is 2. The van der Waals surface area contributed by atoms with Crippen LogP contribution in [0.5, 0.6) is 5.75 Å². The third kappa shape index (κ3) is 4.20. The van der Waals surface area contributed by atoms with Crippen LogP contribution in [0.4, 0.5) is 5.69 Å². The molecular formula is C23H28N2O5S. The number of hydrogen-bond acceptors (Lipinski definition) is 5. The van der Waals surface area contributed by atoms with Gasteiger partial charge in [0.05, 0.1) is 25.7 Å². The van der Waals surface area contributed by atoms with E-state index in [4.69, 9.17) is 9.47 Å². The Labute approximate surface area is 183 Å². The maximum atomic E-state index is 13.4. The fraction of sp³-hybridized carbons (Fsp3) is 0.435. The van der Waals surface area contributed by atoms with E-state index in [0.29, 0.717) is 32.0 Å². The molecule has 2 fully saturated rings. The summed E-state index contributed by atoms with van der Waals surface area (Å²) in [6.07, 6.45) is 3.53. The molecule has 0 unspecified atom stereocenters. The lowest BCUT2D eigenvalue weighted by Crippen LogP contribution is -2.40. The third-order valence-electron chi connectivity index (χ3n) is 6.23. The summed E-state index contributed by atoms with van der Waals surface area (Å²) < 4.78 is 38.4. The van der Waals surface area contributed by atoms with Crippen molar-refractivity contribution in [2.24, 2.45) is 0 Å². The molecule has 2 aliphatic rings. The smallest absolute Gasteiger partial charge is 0.246 e. The molecule has 8 heteroatoms. The van der Waals surface area contributed by atoms with Crippen molar-refractivity contribution in [2.45, 2.75) is 36.0 Å². The highest BCUT2D eigenvalue weighted by atomic mass is 32.2. The number of methoxy groups -OCH3 is 1. The van der Waals surface area contributed by atoms with E-state index < -0.39 is 15.4 Å². The van der Waals surface area contributed by atoms with Gasteiger partial charge in [0.2, 0.25) is 15.9 Å². The number of nitrogens with zero attached hydrogens (tertiary/aromatic N) is 1. The summed E-state index contributed by atoms with van der Waals surface area (Å²) in [5.74, 6) is 0.152. The predicted octanol–water partition coefficient (Wildman–Crippen LogP) is 3.17. The van der Waals surface area contributed by atoms with Crippen molar-refractivity contribution < 1.29 is 22.7 Å². The van der Waals surface area contributed by atoms with Crippen molar-refractivity contribution >= 4 is 21.6 Å². The molecule has 1 saturated carbocycles. The van der Waals surface area contributed by atoms with Gasteiger partial charge in [-0.2, -0.15) is 4.31 Å². The Balaban J connectivity index is 1.65. The Bertz CT molecular complexity index is 1030. The van der Waals surface area contributed by atoms with Crippen LogP contribution in [-0.4, -0.2) is 52.0 Å². The fourth-order valence-electron chi connectivity index (χ4n) is 4.52. The summed E-state index contributed by atoms with van der Waals surface area (Å²) in [7, 11) is -2.33. The van der Waals surface area contributed by atoms with Crippen LogP contribution in [0, 0.1) is 0 Å². The molecule has 31 heavy (non-hydrogen) atoms. The number of amides is 1. The summed E-state index contributed by atoms with van der Waals surface area (Å²) >= 11 is 0. The molecule has 0 aromatic heterocycles. The lowest BCUT2D eigenvalue weighted by molar-refractivity contribution is -0.121. The van der Waals surface area contributed by atoms with Crippen LogP contribution in [0.25, 0.3) is 0 Å². The molecule has 1 heterocycles. The van der Waals surface area contributed by atoms with E-state index in [2.05, 4.69) is 5.32 Å². The lowest BCUT2D eigenvalue weighted by atomic mass is 9.78. The number of carbonyl (C=O) groups excluding carboxylic acids is 1. The van der Waals surface area contributed by atoms with Crippen LogP contribution in [-0.2, 0) is 25.0 Å². The Morgan fingerprint density at radius 2 is 1.74 bits per heavy atom. The SMILES string of the molecule is COc1ccc(NC(=O)C2(c3ccccc3)CCCC2)cc1S(=O)(=O)N1CCOCC1. The molecule has 1 aliphatic carbocycles. The highest BCUT2D eigenvalue weighted by molar-refractivity contribution is 7.89. The second kappa shape index (κ2) is 8.98. The van der Waals surface area contributed by atoms with Gasteiger partial charge in [0.15, 0.2) is 0 Å². The minimum absolute atomic E-state index is 0.0508. The molecule has 4 rings (SSSR count). The number of hydrogen-bond donors (Lipinski definition) is 1. The van der Waals surface area contributed by atoms with Crippen LogP contribution < -0.4 is 10.1 Å². The van der Waals surface area contributed by atoms with E-state index in [1.807, 2.05) is 30.3 Å². The zero-order valence-corrected chi connectivity index (χ0v) is 18.5. The second-order valence-corrected chi connectivity index (χ2v) is 9.90. The van der Waals surface area contributed by atoms with Crippen molar-refractivity contribution in [1.29, 1.82) is 0 Å². The average molecular weight is 445 g/mol. The highest BCUT2D eigenvalue weighted by Crippen LogP contribution is 2.42.